The molecule has 4 aromatic carbocycles. The Balaban J connectivity index is 0.928. The van der Waals surface area contributed by atoms with Crippen molar-refractivity contribution in [2.45, 2.75) is 0 Å². The molecule has 9 heteroatoms. The number of hydrogen-bond donors (Lipinski definition) is 0. The van der Waals surface area contributed by atoms with E-state index in [4.69, 9.17) is 19.9 Å². The number of rotatable bonds is 8. The van der Waals surface area contributed by atoms with Gasteiger partial charge in [-0.05, 0) is 107 Å². The third-order valence-corrected chi connectivity index (χ3v) is 13.6. The summed E-state index contributed by atoms with van der Waals surface area (Å²) in [4.78, 5) is 26.8. The largest absolute Gasteiger partial charge is 0.276 e. The van der Waals surface area contributed by atoms with Gasteiger partial charge < -0.3 is 0 Å². The Morgan fingerprint density at radius 3 is 1.16 bits per heavy atom. The Labute approximate surface area is 340 Å². The van der Waals surface area contributed by atoms with E-state index in [2.05, 4.69) is 143 Å². The van der Waals surface area contributed by atoms with Gasteiger partial charge >= 0.3 is 0 Å². The van der Waals surface area contributed by atoms with Crippen molar-refractivity contribution < 1.29 is 0 Å². The molecule has 0 N–H and O–H groups in total. The summed E-state index contributed by atoms with van der Waals surface area (Å²) in [7, 11) is 0. The fourth-order valence-electron chi connectivity index (χ4n) is 7.34. The van der Waals surface area contributed by atoms with Crippen molar-refractivity contribution in [3.63, 3.8) is 0 Å². The van der Waals surface area contributed by atoms with Crippen molar-refractivity contribution >= 4 is 56.3 Å². The Hall–Kier alpha value is -6.78. The van der Waals surface area contributed by atoms with Crippen molar-refractivity contribution in [1.82, 2.24) is 29.1 Å². The van der Waals surface area contributed by atoms with E-state index in [9.17, 15) is 0 Å². The number of benzene rings is 4. The van der Waals surface area contributed by atoms with Crippen molar-refractivity contribution in [3.8, 4) is 74.5 Å². The number of imidazole rings is 2. The van der Waals surface area contributed by atoms with Crippen LogP contribution in [0.25, 0.3) is 96.9 Å². The van der Waals surface area contributed by atoms with Gasteiger partial charge in [-0.25, -0.2) is 19.9 Å². The summed E-state index contributed by atoms with van der Waals surface area (Å²) in [5.74, 6) is 1.77. The third-order valence-electron chi connectivity index (χ3n) is 10.00. The van der Waals surface area contributed by atoms with Crippen molar-refractivity contribution in [3.05, 3.63) is 182 Å². The van der Waals surface area contributed by atoms with E-state index in [1.807, 2.05) is 60.1 Å². The van der Waals surface area contributed by atoms with E-state index >= 15 is 0 Å². The lowest BCUT2D eigenvalue weighted by atomic mass is 10.1. The fourth-order valence-corrected chi connectivity index (χ4v) is 10.5. The molecule has 0 spiro atoms. The molecule has 0 atom stereocenters. The molecule has 0 saturated carbocycles. The van der Waals surface area contributed by atoms with Crippen LogP contribution >= 0.6 is 34.0 Å². The first-order valence-corrected chi connectivity index (χ1v) is 21.0. The second-order valence-corrected chi connectivity index (χ2v) is 16.8. The molecule has 0 fully saturated rings. The average molecular weight is 787 g/mol. The van der Waals surface area contributed by atoms with Crippen molar-refractivity contribution in [2.24, 2.45) is 0 Å². The van der Waals surface area contributed by atoms with Gasteiger partial charge in [-0.1, -0.05) is 84.9 Å². The summed E-state index contributed by atoms with van der Waals surface area (Å²) in [5.41, 5.74) is 10.1. The number of fused-ring (bicyclic) bond motifs is 2. The van der Waals surface area contributed by atoms with E-state index in [0.717, 1.165) is 66.2 Å². The van der Waals surface area contributed by atoms with Gasteiger partial charge in [0.1, 0.15) is 11.0 Å². The lowest BCUT2D eigenvalue weighted by Gasteiger charge is -2.10. The minimum Gasteiger partial charge on any atom is -0.276 e. The molecule has 0 saturated heterocycles. The van der Waals surface area contributed by atoms with Crippen LogP contribution in [0.1, 0.15) is 0 Å². The highest BCUT2D eigenvalue weighted by Crippen LogP contribution is 2.44. The summed E-state index contributed by atoms with van der Waals surface area (Å²) < 4.78 is 4.37. The minimum absolute atomic E-state index is 0.841. The molecule has 11 aromatic rings. The van der Waals surface area contributed by atoms with Crippen LogP contribution in [0.3, 0.4) is 0 Å². The Morgan fingerprint density at radius 2 is 0.719 bits per heavy atom. The molecule has 0 aliphatic carbocycles. The molecule has 0 bridgehead atoms. The van der Waals surface area contributed by atoms with Crippen molar-refractivity contribution in [2.75, 3.05) is 0 Å². The number of hydrogen-bond acceptors (Lipinski definition) is 7. The average Bonchev–Trinajstić information content (AvgIpc) is 4.13. The number of thiophene rings is 3. The highest BCUT2D eigenvalue weighted by atomic mass is 32.1. The molecule has 57 heavy (non-hydrogen) atoms. The Kier molecular flexibility index (Phi) is 8.28. The fraction of sp³-hybridized carbons (Fsp3) is 0. The van der Waals surface area contributed by atoms with E-state index in [1.165, 1.54) is 30.6 Å². The van der Waals surface area contributed by atoms with Crippen LogP contribution in [-0.2, 0) is 0 Å². The minimum atomic E-state index is 0.841. The molecule has 0 amide bonds. The zero-order valence-corrected chi connectivity index (χ0v) is 32.7. The molecule has 6 nitrogen and oxygen atoms in total. The zero-order valence-electron chi connectivity index (χ0n) is 30.2. The number of aromatic nitrogens is 6. The molecule has 0 aliphatic heterocycles. The predicted molar refractivity (Wildman–Crippen MR) is 238 cm³/mol. The standard InChI is InChI=1S/C48H30N6S3/c1-3-11-31(12-4-1)33-15-7-17-35(29-33)53-45-37(19-9-27-49-45)51-47(53)43-25-23-41(56-43)39-21-22-40(55-39)42-24-26-44(57-42)48-52-38-20-10-28-50-46(38)54(48)36-18-8-16-34(30-36)32-13-5-2-6-14-32/h1-30H. The summed E-state index contributed by atoms with van der Waals surface area (Å²) in [6, 6.07) is 59.4. The summed E-state index contributed by atoms with van der Waals surface area (Å²) in [5, 5.41) is 0. The van der Waals surface area contributed by atoms with Crippen LogP contribution in [0, 0.1) is 0 Å². The van der Waals surface area contributed by atoms with Gasteiger partial charge in [-0.15, -0.1) is 34.0 Å². The van der Waals surface area contributed by atoms with Gasteiger partial charge in [0, 0.05) is 43.3 Å². The van der Waals surface area contributed by atoms with E-state index in [1.54, 1.807) is 22.7 Å². The summed E-state index contributed by atoms with van der Waals surface area (Å²) >= 11 is 5.32. The molecule has 270 valence electrons. The van der Waals surface area contributed by atoms with Gasteiger partial charge in [0.15, 0.2) is 22.9 Å². The van der Waals surface area contributed by atoms with Gasteiger partial charge in [-0.3, -0.25) is 9.13 Å². The van der Waals surface area contributed by atoms with E-state index < -0.39 is 0 Å². The van der Waals surface area contributed by atoms with Crippen LogP contribution in [0.5, 0.6) is 0 Å². The normalized spacial score (nSPS) is 11.5. The maximum Gasteiger partial charge on any atom is 0.164 e. The SMILES string of the molecule is c1ccc(-c2cccc(-n3c(-c4ccc(-c5ccc(-c6ccc(-c7nc8cccnc8n7-c7cccc(-c8ccccc8)c7)s6)s5)s4)nc4cccnc43)c2)cc1. The maximum atomic E-state index is 5.12. The molecule has 7 heterocycles. The predicted octanol–water partition coefficient (Wildman–Crippen LogP) is 13.3. The van der Waals surface area contributed by atoms with Crippen LogP contribution in [-0.4, -0.2) is 29.1 Å². The van der Waals surface area contributed by atoms with E-state index in [0.29, 0.717) is 0 Å². The zero-order chi connectivity index (χ0) is 37.7. The highest BCUT2D eigenvalue weighted by Gasteiger charge is 2.21. The Morgan fingerprint density at radius 1 is 0.333 bits per heavy atom. The lowest BCUT2D eigenvalue weighted by molar-refractivity contribution is 1.08. The van der Waals surface area contributed by atoms with Gasteiger partial charge in [0.2, 0.25) is 0 Å². The highest BCUT2D eigenvalue weighted by molar-refractivity contribution is 7.27. The van der Waals surface area contributed by atoms with E-state index in [-0.39, 0.29) is 0 Å². The molecule has 0 radical (unpaired) electrons. The van der Waals surface area contributed by atoms with Crippen LogP contribution < -0.4 is 0 Å². The third kappa shape index (κ3) is 6.09. The summed E-state index contributed by atoms with van der Waals surface area (Å²) in [6.45, 7) is 0. The second-order valence-electron chi connectivity index (χ2n) is 13.6. The maximum absolute atomic E-state index is 5.12. The monoisotopic (exact) mass is 786 g/mol. The van der Waals surface area contributed by atoms with Gasteiger partial charge in [-0.2, -0.15) is 0 Å². The number of pyridine rings is 2. The number of nitrogens with zero attached hydrogens (tertiary/aromatic N) is 6. The first-order valence-electron chi connectivity index (χ1n) is 18.5. The van der Waals surface area contributed by atoms with Gasteiger partial charge in [0.05, 0.1) is 9.75 Å². The Bertz CT molecular complexity index is 2990. The molecular formula is C48H30N6S3. The summed E-state index contributed by atoms with van der Waals surface area (Å²) in [6.07, 6.45) is 3.68. The quantitative estimate of drug-likeness (QED) is 0.154. The van der Waals surface area contributed by atoms with Crippen LogP contribution in [0.4, 0.5) is 0 Å². The van der Waals surface area contributed by atoms with Crippen LogP contribution in [0.2, 0.25) is 0 Å². The molecule has 7 aromatic heterocycles. The lowest BCUT2D eigenvalue weighted by Crippen LogP contribution is -1.98. The molecule has 0 unspecified atom stereocenters. The van der Waals surface area contributed by atoms with Crippen molar-refractivity contribution in [1.29, 1.82) is 0 Å². The smallest absolute Gasteiger partial charge is 0.164 e. The second kappa shape index (κ2) is 14.1. The molecular weight excluding hydrogens is 757 g/mol. The molecule has 11 rings (SSSR count). The molecule has 0 aliphatic rings. The van der Waals surface area contributed by atoms with Crippen LogP contribution in [0.15, 0.2) is 182 Å². The first-order chi connectivity index (χ1) is 28.2. The first kappa shape index (κ1) is 33.5. The topological polar surface area (TPSA) is 61.4 Å². The van der Waals surface area contributed by atoms with Gasteiger partial charge in [0.25, 0.3) is 0 Å².